The Morgan fingerprint density at radius 1 is 1.23 bits per heavy atom. The van der Waals surface area contributed by atoms with Crippen molar-refractivity contribution in [3.8, 4) is 0 Å². The number of rotatable bonds is 1. The minimum atomic E-state index is -1.39. The molecule has 1 heterocycles. The van der Waals surface area contributed by atoms with Crippen LogP contribution in [0.2, 0.25) is 5.02 Å². The second kappa shape index (κ2) is 5.27. The number of amides is 2. The van der Waals surface area contributed by atoms with Gasteiger partial charge in [0.05, 0.1) is 11.3 Å². The average molecular weight is 318 g/mol. The van der Waals surface area contributed by atoms with Crippen LogP contribution < -0.4 is 4.90 Å². The largest absolute Gasteiger partial charge is 0.464 e. The SMILES string of the molecule is O=C(O)N1C(=O)C(=Cc2cccc(F)c2)c2ccc(Cl)cc21. The molecule has 3 rings (SSSR count). The molecule has 2 aromatic carbocycles. The molecule has 0 bridgehead atoms. The van der Waals surface area contributed by atoms with Crippen molar-refractivity contribution in [3.63, 3.8) is 0 Å². The van der Waals surface area contributed by atoms with Crippen molar-refractivity contribution in [2.24, 2.45) is 0 Å². The van der Waals surface area contributed by atoms with Crippen LogP contribution in [0, 0.1) is 5.82 Å². The molecule has 1 aliphatic heterocycles. The summed E-state index contributed by atoms with van der Waals surface area (Å²) in [5.41, 5.74) is 1.30. The van der Waals surface area contributed by atoms with Crippen LogP contribution in [0.4, 0.5) is 14.9 Å². The highest BCUT2D eigenvalue weighted by Gasteiger charge is 2.36. The lowest BCUT2D eigenvalue weighted by atomic mass is 10.0. The second-order valence-corrected chi connectivity index (χ2v) is 5.13. The summed E-state index contributed by atoms with van der Waals surface area (Å²) in [6, 6.07) is 10.2. The summed E-state index contributed by atoms with van der Waals surface area (Å²) >= 11 is 5.87. The van der Waals surface area contributed by atoms with Gasteiger partial charge >= 0.3 is 6.09 Å². The van der Waals surface area contributed by atoms with Gasteiger partial charge in [-0.3, -0.25) is 4.79 Å². The normalized spacial score (nSPS) is 15.3. The summed E-state index contributed by atoms with van der Waals surface area (Å²) in [6.07, 6.45) is 0.0670. The number of anilines is 1. The zero-order valence-corrected chi connectivity index (χ0v) is 11.8. The van der Waals surface area contributed by atoms with Gasteiger partial charge in [0.2, 0.25) is 0 Å². The molecule has 0 aromatic heterocycles. The van der Waals surface area contributed by atoms with Gasteiger partial charge in [0.15, 0.2) is 0 Å². The molecule has 0 spiro atoms. The minimum absolute atomic E-state index is 0.180. The monoisotopic (exact) mass is 317 g/mol. The predicted molar refractivity (Wildman–Crippen MR) is 81.2 cm³/mol. The lowest BCUT2D eigenvalue weighted by Gasteiger charge is -2.09. The van der Waals surface area contributed by atoms with Crippen LogP contribution >= 0.6 is 11.6 Å². The number of hydrogen-bond donors (Lipinski definition) is 1. The van der Waals surface area contributed by atoms with Crippen molar-refractivity contribution < 1.29 is 19.1 Å². The van der Waals surface area contributed by atoms with Gasteiger partial charge in [-0.2, -0.15) is 0 Å². The fourth-order valence-electron chi connectivity index (χ4n) is 2.36. The van der Waals surface area contributed by atoms with Crippen LogP contribution in [0.3, 0.4) is 0 Å². The number of fused-ring (bicyclic) bond motifs is 1. The summed E-state index contributed by atoms with van der Waals surface area (Å²) in [6.45, 7) is 0. The van der Waals surface area contributed by atoms with Gasteiger partial charge in [0.25, 0.3) is 5.91 Å². The number of halogens is 2. The van der Waals surface area contributed by atoms with E-state index in [9.17, 15) is 19.1 Å². The molecular formula is C16H9ClFNO3. The van der Waals surface area contributed by atoms with Crippen LogP contribution in [0.1, 0.15) is 11.1 Å². The molecule has 110 valence electrons. The second-order valence-electron chi connectivity index (χ2n) is 4.70. The van der Waals surface area contributed by atoms with Gasteiger partial charge in [-0.1, -0.05) is 29.8 Å². The van der Waals surface area contributed by atoms with Crippen LogP contribution in [0.15, 0.2) is 42.5 Å². The fourth-order valence-corrected chi connectivity index (χ4v) is 2.52. The lowest BCUT2D eigenvalue weighted by Crippen LogP contribution is -2.31. The predicted octanol–water partition coefficient (Wildman–Crippen LogP) is 4.04. The van der Waals surface area contributed by atoms with Gasteiger partial charge in [0.1, 0.15) is 5.82 Å². The summed E-state index contributed by atoms with van der Waals surface area (Å²) < 4.78 is 13.3. The maximum absolute atomic E-state index is 13.3. The highest BCUT2D eigenvalue weighted by molar-refractivity contribution is 6.42. The molecule has 0 aliphatic carbocycles. The molecule has 0 saturated heterocycles. The molecule has 0 unspecified atom stereocenters. The topological polar surface area (TPSA) is 57.6 Å². The van der Waals surface area contributed by atoms with E-state index in [2.05, 4.69) is 0 Å². The zero-order valence-electron chi connectivity index (χ0n) is 11.1. The number of carbonyl (C=O) groups is 2. The van der Waals surface area contributed by atoms with E-state index < -0.39 is 17.8 Å². The van der Waals surface area contributed by atoms with Crippen molar-refractivity contribution in [2.75, 3.05) is 4.90 Å². The third-order valence-corrected chi connectivity index (χ3v) is 3.51. The lowest BCUT2D eigenvalue weighted by molar-refractivity contribution is -0.112. The first-order chi connectivity index (χ1) is 10.5. The Hall–Kier alpha value is -2.66. The molecule has 4 nitrogen and oxygen atoms in total. The molecule has 1 N–H and O–H groups in total. The van der Waals surface area contributed by atoms with Crippen molar-refractivity contribution >= 4 is 40.9 Å². The van der Waals surface area contributed by atoms with Gasteiger partial charge < -0.3 is 5.11 Å². The number of carboxylic acid groups (broad SMARTS) is 1. The maximum Gasteiger partial charge on any atom is 0.419 e. The fraction of sp³-hybridized carbons (Fsp3) is 0. The van der Waals surface area contributed by atoms with Crippen molar-refractivity contribution in [1.29, 1.82) is 0 Å². The molecule has 2 aromatic rings. The molecular weight excluding hydrogens is 309 g/mol. The summed E-state index contributed by atoms with van der Waals surface area (Å²) in [5, 5.41) is 9.55. The Morgan fingerprint density at radius 2 is 2.00 bits per heavy atom. The highest BCUT2D eigenvalue weighted by atomic mass is 35.5. The number of carbonyl (C=O) groups excluding carboxylic acids is 1. The highest BCUT2D eigenvalue weighted by Crippen LogP contribution is 2.39. The first kappa shape index (κ1) is 14.3. The average Bonchev–Trinajstić information content (AvgIpc) is 2.71. The van der Waals surface area contributed by atoms with Crippen molar-refractivity contribution in [2.45, 2.75) is 0 Å². The van der Waals surface area contributed by atoms with E-state index in [0.29, 0.717) is 21.0 Å². The van der Waals surface area contributed by atoms with Crippen molar-refractivity contribution in [1.82, 2.24) is 0 Å². The van der Waals surface area contributed by atoms with E-state index in [1.165, 1.54) is 30.3 Å². The van der Waals surface area contributed by atoms with Gasteiger partial charge in [-0.05, 0) is 35.9 Å². The molecule has 0 atom stereocenters. The Kier molecular flexibility index (Phi) is 3.42. The molecule has 22 heavy (non-hydrogen) atoms. The van der Waals surface area contributed by atoms with E-state index in [1.807, 2.05) is 0 Å². The first-order valence-electron chi connectivity index (χ1n) is 6.32. The zero-order chi connectivity index (χ0) is 15.9. The summed E-state index contributed by atoms with van der Waals surface area (Å²) in [7, 11) is 0. The Balaban J connectivity index is 2.18. The van der Waals surface area contributed by atoms with Gasteiger partial charge in [-0.25, -0.2) is 14.1 Å². The maximum atomic E-state index is 13.3. The van der Waals surface area contributed by atoms with E-state index in [1.54, 1.807) is 18.2 Å². The minimum Gasteiger partial charge on any atom is -0.464 e. The molecule has 0 saturated carbocycles. The van der Waals surface area contributed by atoms with Crippen LogP contribution in [-0.2, 0) is 4.79 Å². The Morgan fingerprint density at radius 3 is 2.68 bits per heavy atom. The van der Waals surface area contributed by atoms with E-state index in [4.69, 9.17) is 11.6 Å². The van der Waals surface area contributed by atoms with Crippen molar-refractivity contribution in [3.05, 3.63) is 64.4 Å². The summed E-state index contributed by atoms with van der Waals surface area (Å²) in [5.74, 6) is -1.12. The smallest absolute Gasteiger partial charge is 0.419 e. The molecule has 0 fully saturated rings. The third-order valence-electron chi connectivity index (χ3n) is 3.28. The van der Waals surface area contributed by atoms with Crippen LogP contribution in [0.25, 0.3) is 11.6 Å². The first-order valence-corrected chi connectivity index (χ1v) is 6.70. The van der Waals surface area contributed by atoms with Gasteiger partial charge in [0, 0.05) is 10.6 Å². The molecule has 6 heteroatoms. The molecule has 2 amide bonds. The Bertz CT molecular complexity index is 832. The number of hydrogen-bond acceptors (Lipinski definition) is 2. The Labute approximate surface area is 130 Å². The summed E-state index contributed by atoms with van der Waals surface area (Å²) in [4.78, 5) is 24.3. The molecule has 0 radical (unpaired) electrons. The third kappa shape index (κ3) is 2.35. The van der Waals surface area contributed by atoms with Crippen LogP contribution in [0.5, 0.6) is 0 Å². The van der Waals surface area contributed by atoms with E-state index in [0.717, 1.165) is 0 Å². The standard InChI is InChI=1S/C16H9ClFNO3/c17-10-4-5-12-13(7-9-2-1-3-11(18)6-9)15(20)19(16(21)22)14(12)8-10/h1-8H,(H,21,22). The number of imide groups is 1. The number of nitrogens with zero attached hydrogens (tertiary/aromatic N) is 1. The molecule has 1 aliphatic rings. The van der Waals surface area contributed by atoms with E-state index in [-0.39, 0.29) is 11.3 Å². The van der Waals surface area contributed by atoms with Crippen LogP contribution in [-0.4, -0.2) is 17.1 Å². The quantitative estimate of drug-likeness (QED) is 0.807. The van der Waals surface area contributed by atoms with Gasteiger partial charge in [-0.15, -0.1) is 0 Å². The van der Waals surface area contributed by atoms with E-state index >= 15 is 0 Å². The number of benzene rings is 2.